The smallest absolute Gasteiger partial charge is 0.305 e. The Kier molecular flexibility index (Phi) is 6.50. The van der Waals surface area contributed by atoms with Crippen LogP contribution in [0.2, 0.25) is 0 Å². The first kappa shape index (κ1) is 23.8. The maximum atomic E-state index is 13.6. The van der Waals surface area contributed by atoms with E-state index in [1.807, 2.05) is 0 Å². The third kappa shape index (κ3) is 3.92. The molecule has 0 aromatic carbocycles. The molecule has 4 saturated carbocycles. The van der Waals surface area contributed by atoms with Gasteiger partial charge >= 0.3 is 11.9 Å². The van der Waals surface area contributed by atoms with Gasteiger partial charge in [-0.05, 0) is 91.8 Å². The number of rotatable bonds is 5. The topological polar surface area (TPSA) is 69.7 Å². The molecule has 0 heterocycles. The van der Waals surface area contributed by atoms with Gasteiger partial charge in [-0.1, -0.05) is 20.8 Å². The molecule has 180 valence electrons. The summed E-state index contributed by atoms with van der Waals surface area (Å²) >= 11 is 0. The van der Waals surface area contributed by atoms with E-state index in [4.69, 9.17) is 9.47 Å². The van der Waals surface area contributed by atoms with Gasteiger partial charge in [-0.25, -0.2) is 0 Å². The number of hydrogen-bond acceptors (Lipinski definition) is 5. The second kappa shape index (κ2) is 8.76. The van der Waals surface area contributed by atoms with Gasteiger partial charge in [0.1, 0.15) is 11.9 Å². The Morgan fingerprint density at radius 3 is 2.44 bits per heavy atom. The van der Waals surface area contributed by atoms with Crippen molar-refractivity contribution in [2.24, 2.45) is 46.3 Å². The summed E-state index contributed by atoms with van der Waals surface area (Å²) in [6, 6.07) is 0. The normalized spacial score (nSPS) is 44.1. The lowest BCUT2D eigenvalue weighted by molar-refractivity contribution is -0.168. The van der Waals surface area contributed by atoms with Crippen LogP contribution in [0.5, 0.6) is 0 Å². The molecule has 0 N–H and O–H groups in total. The fourth-order valence-electron chi connectivity index (χ4n) is 8.86. The van der Waals surface area contributed by atoms with Gasteiger partial charge in [-0.15, -0.1) is 0 Å². The predicted molar refractivity (Wildman–Crippen MR) is 122 cm³/mol. The molecule has 5 heteroatoms. The van der Waals surface area contributed by atoms with E-state index in [0.29, 0.717) is 48.2 Å². The summed E-state index contributed by atoms with van der Waals surface area (Å²) in [6.45, 7) is 8.66. The first-order valence-corrected chi connectivity index (χ1v) is 12.9. The Morgan fingerprint density at radius 2 is 1.75 bits per heavy atom. The maximum Gasteiger partial charge on any atom is 0.305 e. The molecule has 0 saturated heterocycles. The van der Waals surface area contributed by atoms with Crippen LogP contribution in [-0.2, 0) is 23.9 Å². The van der Waals surface area contributed by atoms with Crippen LogP contribution in [0.25, 0.3) is 0 Å². The SMILES string of the molecule is COC(=O)CC[C@@H](C)C1CCC2C3C(=O)CC4C[C@H](OC(C)=O)CC[C@]4(C)C3CC[C@@]21C. The van der Waals surface area contributed by atoms with Crippen molar-refractivity contribution < 1.29 is 23.9 Å². The molecule has 0 amide bonds. The maximum absolute atomic E-state index is 13.6. The highest BCUT2D eigenvalue weighted by molar-refractivity contribution is 5.83. The van der Waals surface area contributed by atoms with Crippen molar-refractivity contribution in [1.82, 2.24) is 0 Å². The molecule has 0 aromatic heterocycles. The van der Waals surface area contributed by atoms with Gasteiger partial charge < -0.3 is 9.47 Å². The number of hydrogen-bond donors (Lipinski definition) is 0. The largest absolute Gasteiger partial charge is 0.469 e. The lowest BCUT2D eigenvalue weighted by atomic mass is 9.44. The highest BCUT2D eigenvalue weighted by Crippen LogP contribution is 2.67. The van der Waals surface area contributed by atoms with Gasteiger partial charge in [0.15, 0.2) is 0 Å². The van der Waals surface area contributed by atoms with Crippen molar-refractivity contribution >= 4 is 17.7 Å². The van der Waals surface area contributed by atoms with Crippen LogP contribution in [0.15, 0.2) is 0 Å². The van der Waals surface area contributed by atoms with Crippen LogP contribution in [0.1, 0.15) is 91.9 Å². The molecule has 0 aromatic rings. The fraction of sp³-hybridized carbons (Fsp3) is 0.889. The van der Waals surface area contributed by atoms with Crippen LogP contribution >= 0.6 is 0 Å². The molecule has 0 radical (unpaired) electrons. The molecule has 0 spiro atoms. The van der Waals surface area contributed by atoms with E-state index in [1.165, 1.54) is 26.9 Å². The van der Waals surface area contributed by atoms with E-state index in [1.54, 1.807) is 0 Å². The standard InChI is InChI=1S/C27H42O5/c1-16(6-9-24(30)31-5)20-7-8-21-25-22(11-13-27(20,21)4)26(3)12-10-19(32-17(2)28)14-18(26)15-23(25)29/h16,18-22,25H,6-15H2,1-5H3/t16-,18?,19-,20?,21?,22?,25?,26+,27-/m1/s1. The zero-order chi connectivity index (χ0) is 23.3. The Morgan fingerprint density at radius 1 is 1.06 bits per heavy atom. The van der Waals surface area contributed by atoms with Gasteiger partial charge in [-0.2, -0.15) is 0 Å². The zero-order valence-electron chi connectivity index (χ0n) is 20.7. The van der Waals surface area contributed by atoms with E-state index in [2.05, 4.69) is 20.8 Å². The number of methoxy groups -OCH3 is 1. The minimum absolute atomic E-state index is 0.0182. The number of fused-ring (bicyclic) bond motifs is 5. The molecule has 0 aliphatic heterocycles. The lowest BCUT2D eigenvalue weighted by Crippen LogP contribution is -2.57. The van der Waals surface area contributed by atoms with Crippen molar-refractivity contribution in [1.29, 1.82) is 0 Å². The van der Waals surface area contributed by atoms with E-state index < -0.39 is 0 Å². The van der Waals surface area contributed by atoms with Gasteiger partial charge in [0, 0.05) is 25.7 Å². The van der Waals surface area contributed by atoms with Crippen LogP contribution < -0.4 is 0 Å². The van der Waals surface area contributed by atoms with E-state index in [9.17, 15) is 14.4 Å². The first-order valence-electron chi connectivity index (χ1n) is 12.9. The summed E-state index contributed by atoms with van der Waals surface area (Å²) in [5, 5.41) is 0. The van der Waals surface area contributed by atoms with Crippen LogP contribution in [0, 0.1) is 46.3 Å². The summed E-state index contributed by atoms with van der Waals surface area (Å²) in [5.41, 5.74) is 0.385. The van der Waals surface area contributed by atoms with Crippen LogP contribution in [0.4, 0.5) is 0 Å². The van der Waals surface area contributed by atoms with E-state index >= 15 is 0 Å². The second-order valence-corrected chi connectivity index (χ2v) is 11.9. The Hall–Kier alpha value is -1.39. The van der Waals surface area contributed by atoms with Crippen LogP contribution in [-0.4, -0.2) is 30.9 Å². The number of Topliss-reactive ketones (excluding diaryl/α,β-unsaturated/α-hetero) is 1. The van der Waals surface area contributed by atoms with E-state index in [-0.39, 0.29) is 34.8 Å². The molecular formula is C27H42O5. The summed E-state index contributed by atoms with van der Waals surface area (Å²) in [4.78, 5) is 36.8. The van der Waals surface area contributed by atoms with Crippen molar-refractivity contribution in [3.8, 4) is 0 Å². The minimum atomic E-state index is -0.203. The lowest BCUT2D eigenvalue weighted by Gasteiger charge is -2.60. The van der Waals surface area contributed by atoms with Gasteiger partial charge in [0.2, 0.25) is 0 Å². The number of carbonyl (C=O) groups is 3. The molecule has 0 bridgehead atoms. The van der Waals surface area contributed by atoms with Crippen molar-refractivity contribution in [3.63, 3.8) is 0 Å². The summed E-state index contributed by atoms with van der Waals surface area (Å²) in [5.74, 6) is 2.68. The molecule has 5 unspecified atom stereocenters. The van der Waals surface area contributed by atoms with Gasteiger partial charge in [0.25, 0.3) is 0 Å². The van der Waals surface area contributed by atoms with Gasteiger partial charge in [0.05, 0.1) is 7.11 Å². The average molecular weight is 447 g/mol. The average Bonchev–Trinajstić information content (AvgIpc) is 3.09. The summed E-state index contributed by atoms with van der Waals surface area (Å²) in [6.07, 6.45) is 9.49. The Bertz CT molecular complexity index is 761. The third-order valence-electron chi connectivity index (χ3n) is 10.5. The van der Waals surface area contributed by atoms with Gasteiger partial charge in [-0.3, -0.25) is 14.4 Å². The van der Waals surface area contributed by atoms with Crippen LogP contribution in [0.3, 0.4) is 0 Å². The highest BCUT2D eigenvalue weighted by Gasteiger charge is 2.63. The minimum Gasteiger partial charge on any atom is -0.469 e. The van der Waals surface area contributed by atoms with Crippen molar-refractivity contribution in [2.45, 2.75) is 98.0 Å². The number of esters is 2. The fourth-order valence-corrected chi connectivity index (χ4v) is 8.86. The summed E-state index contributed by atoms with van der Waals surface area (Å²) in [7, 11) is 1.46. The number of carbonyl (C=O) groups excluding carboxylic acids is 3. The second-order valence-electron chi connectivity index (χ2n) is 11.9. The van der Waals surface area contributed by atoms with Crippen molar-refractivity contribution in [2.75, 3.05) is 7.11 Å². The number of ketones is 1. The highest BCUT2D eigenvalue weighted by atomic mass is 16.5. The Labute approximate surface area is 193 Å². The van der Waals surface area contributed by atoms with E-state index in [0.717, 1.165) is 38.5 Å². The molecule has 9 atom stereocenters. The molecule has 32 heavy (non-hydrogen) atoms. The molecule has 4 aliphatic carbocycles. The predicted octanol–water partition coefficient (Wildman–Crippen LogP) is 5.35. The zero-order valence-corrected chi connectivity index (χ0v) is 20.7. The van der Waals surface area contributed by atoms with Crippen molar-refractivity contribution in [3.05, 3.63) is 0 Å². The quantitative estimate of drug-likeness (QED) is 0.533. The molecule has 4 fully saturated rings. The molecule has 4 rings (SSSR count). The first-order chi connectivity index (χ1) is 15.1. The monoisotopic (exact) mass is 446 g/mol. The molecule has 4 aliphatic rings. The third-order valence-corrected chi connectivity index (χ3v) is 10.5. The number of ether oxygens (including phenoxy) is 2. The summed E-state index contributed by atoms with van der Waals surface area (Å²) < 4.78 is 10.4. The molecular weight excluding hydrogens is 404 g/mol. The Balaban J connectivity index is 1.50. The molecule has 5 nitrogen and oxygen atoms in total.